The maximum absolute atomic E-state index is 12.2. The highest BCUT2D eigenvalue weighted by molar-refractivity contribution is 6.30. The number of nitrogens with one attached hydrogen (secondary N) is 2. The molecule has 0 spiro atoms. The van der Waals surface area contributed by atoms with Crippen molar-refractivity contribution < 1.29 is 4.79 Å². The molecule has 0 aliphatic heterocycles. The number of pyridine rings is 1. The average molecular weight is 347 g/mol. The number of urea groups is 1. The van der Waals surface area contributed by atoms with E-state index in [9.17, 15) is 4.79 Å². The fraction of sp³-hybridized carbons (Fsp3) is 0.333. The molecule has 1 unspecified atom stereocenters. The zero-order valence-electron chi connectivity index (χ0n) is 14.2. The Bertz CT molecular complexity index is 673. The van der Waals surface area contributed by atoms with Gasteiger partial charge in [-0.2, -0.15) is 0 Å². The number of halogens is 1. The highest BCUT2D eigenvalue weighted by Crippen LogP contribution is 2.17. The first kappa shape index (κ1) is 18.2. The minimum Gasteiger partial charge on any atom is -0.334 e. The second-order valence-electron chi connectivity index (χ2n) is 6.06. The van der Waals surface area contributed by atoms with Gasteiger partial charge in [-0.1, -0.05) is 29.8 Å². The SMILES string of the molecule is Cc1cncc(CNC(=O)NC(CN(C)C)c2ccc(Cl)cc2)c1. The molecule has 6 heteroatoms. The van der Waals surface area contributed by atoms with Crippen molar-refractivity contribution in [3.63, 3.8) is 0 Å². The van der Waals surface area contributed by atoms with E-state index in [0.717, 1.165) is 16.7 Å². The number of likely N-dealkylation sites (N-methyl/N-ethyl adjacent to an activating group) is 1. The summed E-state index contributed by atoms with van der Waals surface area (Å²) in [6.45, 7) is 3.11. The molecule has 0 fully saturated rings. The van der Waals surface area contributed by atoms with Gasteiger partial charge in [0.15, 0.2) is 0 Å². The molecule has 128 valence electrons. The molecule has 1 atom stereocenters. The smallest absolute Gasteiger partial charge is 0.315 e. The Labute approximate surface area is 148 Å². The molecular weight excluding hydrogens is 324 g/mol. The predicted octanol–water partition coefficient (Wildman–Crippen LogP) is 3.15. The average Bonchev–Trinajstić information content (AvgIpc) is 2.53. The Hall–Kier alpha value is -2.11. The first-order valence-electron chi connectivity index (χ1n) is 7.79. The Kier molecular flexibility index (Phi) is 6.58. The van der Waals surface area contributed by atoms with Crippen molar-refractivity contribution in [2.24, 2.45) is 0 Å². The quantitative estimate of drug-likeness (QED) is 0.844. The third-order valence-electron chi connectivity index (χ3n) is 3.51. The fourth-order valence-electron chi connectivity index (χ4n) is 2.40. The van der Waals surface area contributed by atoms with Gasteiger partial charge < -0.3 is 15.5 Å². The van der Waals surface area contributed by atoms with Crippen molar-refractivity contribution in [3.8, 4) is 0 Å². The molecule has 1 aromatic carbocycles. The number of benzene rings is 1. The van der Waals surface area contributed by atoms with Gasteiger partial charge in [-0.3, -0.25) is 4.98 Å². The van der Waals surface area contributed by atoms with Crippen LogP contribution in [0.15, 0.2) is 42.7 Å². The second kappa shape index (κ2) is 8.66. The summed E-state index contributed by atoms with van der Waals surface area (Å²) in [7, 11) is 3.95. The van der Waals surface area contributed by atoms with E-state index >= 15 is 0 Å². The van der Waals surface area contributed by atoms with E-state index in [1.165, 1.54) is 0 Å². The molecule has 0 bridgehead atoms. The highest BCUT2D eigenvalue weighted by atomic mass is 35.5. The minimum atomic E-state index is -0.210. The molecule has 2 amide bonds. The lowest BCUT2D eigenvalue weighted by Gasteiger charge is -2.23. The third-order valence-corrected chi connectivity index (χ3v) is 3.76. The van der Waals surface area contributed by atoms with Crippen molar-refractivity contribution in [1.82, 2.24) is 20.5 Å². The summed E-state index contributed by atoms with van der Waals surface area (Å²) in [5.41, 5.74) is 3.06. The number of carbonyl (C=O) groups is 1. The Morgan fingerprint density at radius 3 is 2.58 bits per heavy atom. The molecule has 2 rings (SSSR count). The zero-order valence-corrected chi connectivity index (χ0v) is 15.0. The number of carbonyl (C=O) groups excluding carboxylic acids is 1. The van der Waals surface area contributed by atoms with Crippen LogP contribution in [-0.2, 0) is 6.54 Å². The fourth-order valence-corrected chi connectivity index (χ4v) is 2.53. The van der Waals surface area contributed by atoms with E-state index in [2.05, 4.69) is 15.6 Å². The van der Waals surface area contributed by atoms with Crippen molar-refractivity contribution in [3.05, 3.63) is 64.4 Å². The molecule has 0 aliphatic rings. The summed E-state index contributed by atoms with van der Waals surface area (Å²) in [5, 5.41) is 6.57. The number of amides is 2. The molecule has 24 heavy (non-hydrogen) atoms. The Morgan fingerprint density at radius 2 is 1.96 bits per heavy atom. The van der Waals surface area contributed by atoms with Gasteiger partial charge in [0.05, 0.1) is 6.04 Å². The summed E-state index contributed by atoms with van der Waals surface area (Å²) >= 11 is 5.94. The number of aryl methyl sites for hydroxylation is 1. The van der Waals surface area contributed by atoms with Crippen LogP contribution in [0.2, 0.25) is 5.02 Å². The van der Waals surface area contributed by atoms with E-state index in [0.29, 0.717) is 18.1 Å². The summed E-state index contributed by atoms with van der Waals surface area (Å²) < 4.78 is 0. The van der Waals surface area contributed by atoms with Crippen LogP contribution in [0.3, 0.4) is 0 Å². The lowest BCUT2D eigenvalue weighted by molar-refractivity contribution is 0.232. The van der Waals surface area contributed by atoms with E-state index < -0.39 is 0 Å². The first-order chi connectivity index (χ1) is 11.4. The van der Waals surface area contributed by atoms with Gasteiger partial charge in [0.25, 0.3) is 0 Å². The molecule has 5 nitrogen and oxygen atoms in total. The number of nitrogens with zero attached hydrogens (tertiary/aromatic N) is 2. The van der Waals surface area contributed by atoms with Crippen LogP contribution in [0.25, 0.3) is 0 Å². The summed E-state index contributed by atoms with van der Waals surface area (Å²) in [6.07, 6.45) is 3.54. The Morgan fingerprint density at radius 1 is 1.25 bits per heavy atom. The van der Waals surface area contributed by atoms with E-state index in [1.54, 1.807) is 12.4 Å². The number of hydrogen-bond donors (Lipinski definition) is 2. The molecule has 1 heterocycles. The topological polar surface area (TPSA) is 57.3 Å². The van der Waals surface area contributed by atoms with Crippen molar-refractivity contribution in [1.29, 1.82) is 0 Å². The van der Waals surface area contributed by atoms with Crippen LogP contribution in [-0.4, -0.2) is 36.6 Å². The maximum atomic E-state index is 12.2. The van der Waals surface area contributed by atoms with Gasteiger partial charge in [0.2, 0.25) is 0 Å². The van der Waals surface area contributed by atoms with Crippen molar-refractivity contribution >= 4 is 17.6 Å². The molecule has 0 saturated carbocycles. The van der Waals surface area contributed by atoms with E-state index in [-0.39, 0.29) is 12.1 Å². The minimum absolute atomic E-state index is 0.118. The number of rotatable bonds is 6. The van der Waals surface area contributed by atoms with Crippen molar-refractivity contribution in [2.45, 2.75) is 19.5 Å². The van der Waals surface area contributed by atoms with Gasteiger partial charge in [-0.05, 0) is 49.8 Å². The van der Waals surface area contributed by atoms with E-state index in [4.69, 9.17) is 11.6 Å². The van der Waals surface area contributed by atoms with Gasteiger partial charge in [-0.15, -0.1) is 0 Å². The highest BCUT2D eigenvalue weighted by Gasteiger charge is 2.15. The number of aromatic nitrogens is 1. The third kappa shape index (κ3) is 5.83. The number of hydrogen-bond acceptors (Lipinski definition) is 3. The van der Waals surface area contributed by atoms with Crippen LogP contribution < -0.4 is 10.6 Å². The molecule has 0 aliphatic carbocycles. The first-order valence-corrected chi connectivity index (χ1v) is 8.17. The lowest BCUT2D eigenvalue weighted by Crippen LogP contribution is -2.41. The lowest BCUT2D eigenvalue weighted by atomic mass is 10.1. The largest absolute Gasteiger partial charge is 0.334 e. The monoisotopic (exact) mass is 346 g/mol. The van der Waals surface area contributed by atoms with Gasteiger partial charge in [0.1, 0.15) is 0 Å². The molecule has 2 aromatic rings. The summed E-state index contributed by atoms with van der Waals surface area (Å²) in [6, 6.07) is 9.20. The zero-order chi connectivity index (χ0) is 17.5. The van der Waals surface area contributed by atoms with Crippen LogP contribution in [0, 0.1) is 6.92 Å². The molecule has 1 aromatic heterocycles. The molecule has 0 saturated heterocycles. The van der Waals surface area contributed by atoms with Gasteiger partial charge in [-0.25, -0.2) is 4.79 Å². The molecular formula is C18H23ClN4O. The van der Waals surface area contributed by atoms with Gasteiger partial charge in [0, 0.05) is 30.5 Å². The Balaban J connectivity index is 1.97. The second-order valence-corrected chi connectivity index (χ2v) is 6.50. The van der Waals surface area contributed by atoms with Crippen LogP contribution >= 0.6 is 11.6 Å². The molecule has 2 N–H and O–H groups in total. The van der Waals surface area contributed by atoms with Gasteiger partial charge >= 0.3 is 6.03 Å². The maximum Gasteiger partial charge on any atom is 0.315 e. The van der Waals surface area contributed by atoms with Crippen LogP contribution in [0.1, 0.15) is 22.7 Å². The van der Waals surface area contributed by atoms with Crippen LogP contribution in [0.4, 0.5) is 4.79 Å². The van der Waals surface area contributed by atoms with Crippen LogP contribution in [0.5, 0.6) is 0 Å². The normalized spacial score (nSPS) is 12.0. The van der Waals surface area contributed by atoms with Crippen molar-refractivity contribution in [2.75, 3.05) is 20.6 Å². The predicted molar refractivity (Wildman–Crippen MR) is 97.1 cm³/mol. The molecule has 0 radical (unpaired) electrons. The summed E-state index contributed by atoms with van der Waals surface area (Å²) in [4.78, 5) is 18.4. The summed E-state index contributed by atoms with van der Waals surface area (Å²) in [5.74, 6) is 0. The van der Waals surface area contributed by atoms with E-state index in [1.807, 2.05) is 56.3 Å². The standard InChI is InChI=1S/C18H23ClN4O/c1-13-8-14(10-20-9-13)11-21-18(24)22-17(12-23(2)3)15-4-6-16(19)7-5-15/h4-10,17H,11-12H2,1-3H3,(H2,21,22,24).